The van der Waals surface area contributed by atoms with Crippen LogP contribution < -0.4 is 4.72 Å². The van der Waals surface area contributed by atoms with Gasteiger partial charge in [0.2, 0.25) is 0 Å². The van der Waals surface area contributed by atoms with E-state index in [1.807, 2.05) is 6.92 Å². The molecule has 1 aromatic carbocycles. The third-order valence-electron chi connectivity index (χ3n) is 3.37. The Kier molecular flexibility index (Phi) is 3.31. The summed E-state index contributed by atoms with van der Waals surface area (Å²) in [6.45, 7) is 1.87. The van der Waals surface area contributed by atoms with E-state index in [-0.39, 0.29) is 4.90 Å². The summed E-state index contributed by atoms with van der Waals surface area (Å²) in [5, 5.41) is 9.85. The molecular weight excluding hydrogens is 300 g/mol. The average Bonchev–Trinajstić information content (AvgIpc) is 2.96. The van der Waals surface area contributed by atoms with Crippen LogP contribution in [0.15, 0.2) is 47.8 Å². The molecule has 110 valence electrons. The van der Waals surface area contributed by atoms with Crippen LogP contribution in [0.25, 0.3) is 10.9 Å². The number of anilines is 1. The molecule has 2 heterocycles. The van der Waals surface area contributed by atoms with Crippen LogP contribution in [-0.4, -0.2) is 18.4 Å². The summed E-state index contributed by atoms with van der Waals surface area (Å²) in [4.78, 5) is 6.90. The Morgan fingerprint density at radius 3 is 2.64 bits per heavy atom. The SMILES string of the molecule is Cc1ccc(NS(=O)(=O)c2ccncc2)c2[nH]cc(C#N)c12. The van der Waals surface area contributed by atoms with Crippen molar-refractivity contribution < 1.29 is 8.42 Å². The summed E-state index contributed by atoms with van der Waals surface area (Å²) in [6, 6.07) is 8.39. The zero-order valence-corrected chi connectivity index (χ0v) is 12.5. The number of hydrogen-bond donors (Lipinski definition) is 2. The zero-order chi connectivity index (χ0) is 15.7. The number of sulfonamides is 1. The van der Waals surface area contributed by atoms with Crippen LogP contribution in [0.1, 0.15) is 11.1 Å². The number of H-pyrrole nitrogens is 1. The highest BCUT2D eigenvalue weighted by Gasteiger charge is 2.17. The number of hydrogen-bond acceptors (Lipinski definition) is 4. The minimum Gasteiger partial charge on any atom is -0.358 e. The van der Waals surface area contributed by atoms with Crippen molar-refractivity contribution >= 4 is 26.6 Å². The van der Waals surface area contributed by atoms with Gasteiger partial charge in [0.1, 0.15) is 6.07 Å². The lowest BCUT2D eigenvalue weighted by atomic mass is 10.1. The Morgan fingerprint density at radius 2 is 1.95 bits per heavy atom. The van der Waals surface area contributed by atoms with E-state index in [0.29, 0.717) is 16.8 Å². The molecule has 0 fully saturated rings. The molecule has 0 amide bonds. The van der Waals surface area contributed by atoms with E-state index >= 15 is 0 Å². The highest BCUT2D eigenvalue weighted by molar-refractivity contribution is 7.92. The van der Waals surface area contributed by atoms with Crippen molar-refractivity contribution in [1.29, 1.82) is 5.26 Å². The first-order chi connectivity index (χ1) is 10.5. The van der Waals surface area contributed by atoms with E-state index in [2.05, 4.69) is 20.8 Å². The molecule has 0 spiro atoms. The Labute approximate surface area is 127 Å². The fourth-order valence-electron chi connectivity index (χ4n) is 2.31. The molecule has 3 aromatic rings. The van der Waals surface area contributed by atoms with Gasteiger partial charge >= 0.3 is 0 Å². The predicted octanol–water partition coefficient (Wildman–Crippen LogP) is 2.54. The number of nitrogens with one attached hydrogen (secondary N) is 2. The predicted molar refractivity (Wildman–Crippen MR) is 82.8 cm³/mol. The zero-order valence-electron chi connectivity index (χ0n) is 11.7. The van der Waals surface area contributed by atoms with Gasteiger partial charge in [0, 0.05) is 24.0 Å². The van der Waals surface area contributed by atoms with Crippen LogP contribution in [0, 0.1) is 18.3 Å². The number of pyridine rings is 1. The van der Waals surface area contributed by atoms with Crippen molar-refractivity contribution in [2.45, 2.75) is 11.8 Å². The summed E-state index contributed by atoms with van der Waals surface area (Å²) >= 11 is 0. The molecule has 2 aromatic heterocycles. The van der Waals surface area contributed by atoms with Crippen molar-refractivity contribution in [3.8, 4) is 6.07 Å². The van der Waals surface area contributed by atoms with Crippen LogP contribution >= 0.6 is 0 Å². The molecular formula is C15H12N4O2S. The van der Waals surface area contributed by atoms with Crippen LogP contribution in [0.2, 0.25) is 0 Å². The van der Waals surface area contributed by atoms with Crippen LogP contribution in [0.5, 0.6) is 0 Å². The second-order valence-corrected chi connectivity index (χ2v) is 6.46. The summed E-state index contributed by atoms with van der Waals surface area (Å²) in [5.41, 5.74) is 2.38. The van der Waals surface area contributed by atoms with Gasteiger partial charge in [0.25, 0.3) is 10.0 Å². The number of aromatic nitrogens is 2. The number of nitrogens with zero attached hydrogens (tertiary/aromatic N) is 2. The van der Waals surface area contributed by atoms with Crippen LogP contribution in [-0.2, 0) is 10.0 Å². The lowest BCUT2D eigenvalue weighted by Gasteiger charge is -2.10. The number of nitriles is 1. The van der Waals surface area contributed by atoms with Crippen LogP contribution in [0.3, 0.4) is 0 Å². The van der Waals surface area contributed by atoms with Gasteiger partial charge in [-0.3, -0.25) is 9.71 Å². The Hall–Kier alpha value is -2.85. The second kappa shape index (κ2) is 5.16. The minimum absolute atomic E-state index is 0.128. The third-order valence-corrected chi connectivity index (χ3v) is 4.75. The molecule has 2 N–H and O–H groups in total. The molecule has 0 saturated heterocycles. The van der Waals surface area contributed by atoms with Gasteiger partial charge in [0.05, 0.1) is 21.7 Å². The molecule has 0 aliphatic heterocycles. The maximum atomic E-state index is 12.4. The average molecular weight is 312 g/mol. The monoisotopic (exact) mass is 312 g/mol. The Balaban J connectivity index is 2.11. The largest absolute Gasteiger partial charge is 0.358 e. The molecule has 22 heavy (non-hydrogen) atoms. The fourth-order valence-corrected chi connectivity index (χ4v) is 3.37. The quantitative estimate of drug-likeness (QED) is 0.776. The first kappa shape index (κ1) is 14.1. The van der Waals surface area contributed by atoms with Crippen molar-refractivity contribution in [3.05, 3.63) is 54.0 Å². The molecule has 0 aliphatic carbocycles. The molecule has 0 bridgehead atoms. The van der Waals surface area contributed by atoms with Crippen molar-refractivity contribution in [2.24, 2.45) is 0 Å². The summed E-state index contributed by atoms with van der Waals surface area (Å²) in [6.07, 6.45) is 4.41. The lowest BCUT2D eigenvalue weighted by molar-refractivity contribution is 0.601. The van der Waals surface area contributed by atoms with Gasteiger partial charge in [-0.2, -0.15) is 5.26 Å². The second-order valence-electron chi connectivity index (χ2n) is 4.78. The Morgan fingerprint density at radius 1 is 1.23 bits per heavy atom. The molecule has 0 unspecified atom stereocenters. The van der Waals surface area contributed by atoms with Gasteiger partial charge in [-0.25, -0.2) is 8.42 Å². The summed E-state index contributed by atoms with van der Waals surface area (Å²) < 4.78 is 27.3. The topological polar surface area (TPSA) is 98.6 Å². The van der Waals surface area contributed by atoms with E-state index in [0.717, 1.165) is 10.9 Å². The van der Waals surface area contributed by atoms with E-state index in [9.17, 15) is 8.42 Å². The standard InChI is InChI=1S/C15H12N4O2S/c1-10-2-3-13(15-14(10)11(8-16)9-18-15)19-22(20,21)12-4-6-17-7-5-12/h2-7,9,18-19H,1H3. The van der Waals surface area contributed by atoms with Gasteiger partial charge in [-0.05, 0) is 30.7 Å². The maximum Gasteiger partial charge on any atom is 0.262 e. The third kappa shape index (κ3) is 2.29. The minimum atomic E-state index is -3.71. The Bertz CT molecular complexity index is 986. The molecule has 3 rings (SSSR count). The summed E-state index contributed by atoms with van der Waals surface area (Å²) in [7, 11) is -3.71. The normalized spacial score (nSPS) is 11.3. The van der Waals surface area contributed by atoms with Gasteiger partial charge in [0.15, 0.2) is 0 Å². The van der Waals surface area contributed by atoms with Gasteiger partial charge in [-0.15, -0.1) is 0 Å². The molecule has 7 heteroatoms. The highest BCUT2D eigenvalue weighted by atomic mass is 32.2. The molecule has 0 saturated carbocycles. The summed E-state index contributed by atoms with van der Waals surface area (Å²) in [5.74, 6) is 0. The number of aryl methyl sites for hydroxylation is 1. The van der Waals surface area contributed by atoms with E-state index in [1.54, 1.807) is 18.3 Å². The lowest BCUT2D eigenvalue weighted by Crippen LogP contribution is -2.13. The van der Waals surface area contributed by atoms with Gasteiger partial charge in [-0.1, -0.05) is 6.07 Å². The fraction of sp³-hybridized carbons (Fsp3) is 0.0667. The smallest absolute Gasteiger partial charge is 0.262 e. The van der Waals surface area contributed by atoms with Crippen LogP contribution in [0.4, 0.5) is 5.69 Å². The number of rotatable bonds is 3. The molecule has 6 nitrogen and oxygen atoms in total. The van der Waals surface area contributed by atoms with E-state index in [1.165, 1.54) is 24.5 Å². The van der Waals surface area contributed by atoms with E-state index < -0.39 is 10.0 Å². The van der Waals surface area contributed by atoms with Crippen molar-refractivity contribution in [1.82, 2.24) is 9.97 Å². The number of benzene rings is 1. The van der Waals surface area contributed by atoms with Crippen molar-refractivity contribution in [3.63, 3.8) is 0 Å². The number of fused-ring (bicyclic) bond motifs is 1. The van der Waals surface area contributed by atoms with Crippen molar-refractivity contribution in [2.75, 3.05) is 4.72 Å². The first-order valence-corrected chi connectivity index (χ1v) is 7.95. The molecule has 0 atom stereocenters. The number of aromatic amines is 1. The first-order valence-electron chi connectivity index (χ1n) is 6.46. The molecule has 0 radical (unpaired) electrons. The maximum absolute atomic E-state index is 12.4. The van der Waals surface area contributed by atoms with Gasteiger partial charge < -0.3 is 4.98 Å². The highest BCUT2D eigenvalue weighted by Crippen LogP contribution is 2.29. The molecule has 0 aliphatic rings. The van der Waals surface area contributed by atoms with E-state index in [4.69, 9.17) is 5.26 Å².